The van der Waals surface area contributed by atoms with Gasteiger partial charge >= 0.3 is 6.18 Å². The number of rotatable bonds is 6. The Labute approximate surface area is 186 Å². The summed E-state index contributed by atoms with van der Waals surface area (Å²) in [5, 5.41) is 18.9. The summed E-state index contributed by atoms with van der Waals surface area (Å²) in [5.74, 6) is -1.36. The van der Waals surface area contributed by atoms with Crippen LogP contribution in [0.3, 0.4) is 0 Å². The molecule has 0 amide bonds. The number of aliphatic hydroxyl groups is 1. The van der Waals surface area contributed by atoms with Gasteiger partial charge in [-0.05, 0) is 12.5 Å². The number of hydrazone groups is 1. The molecule has 0 saturated carbocycles. The number of aromatic nitrogens is 3. The largest absolute Gasteiger partial charge is 0.411 e. The maximum Gasteiger partial charge on any atom is 0.411 e. The molecule has 0 spiro atoms. The standard InChI is InChI=1S/C21H19ClF3N5O2/c1-2-12(11-31)30-20(21(23,24)25)14(9-28-30)19-17(16-10-26-7-8-27-16)18(29-32-19)13-5-3-4-6-15(13)22/h3-10,12,14,20,31H,2,11H2,1H3. The highest BCUT2D eigenvalue weighted by Crippen LogP contribution is 2.45. The summed E-state index contributed by atoms with van der Waals surface area (Å²) < 4.78 is 48.1. The molecule has 1 N–H and O–H groups in total. The van der Waals surface area contributed by atoms with Crippen molar-refractivity contribution in [3.63, 3.8) is 0 Å². The lowest BCUT2D eigenvalue weighted by Gasteiger charge is -2.33. The molecule has 2 aromatic heterocycles. The van der Waals surface area contributed by atoms with Crippen molar-refractivity contribution in [2.75, 3.05) is 6.61 Å². The molecule has 3 heterocycles. The first kappa shape index (κ1) is 22.2. The molecule has 3 atom stereocenters. The van der Waals surface area contributed by atoms with Crippen LogP contribution in [-0.4, -0.2) is 56.3 Å². The van der Waals surface area contributed by atoms with Crippen molar-refractivity contribution < 1.29 is 22.8 Å². The molecule has 7 nitrogen and oxygen atoms in total. The van der Waals surface area contributed by atoms with Crippen LogP contribution in [0.5, 0.6) is 0 Å². The molecule has 1 aliphatic heterocycles. The minimum atomic E-state index is -4.65. The van der Waals surface area contributed by atoms with Gasteiger partial charge in [-0.2, -0.15) is 18.3 Å². The number of aliphatic hydroxyl groups excluding tert-OH is 1. The highest BCUT2D eigenvalue weighted by atomic mass is 35.5. The molecule has 32 heavy (non-hydrogen) atoms. The van der Waals surface area contributed by atoms with Crippen LogP contribution in [0.2, 0.25) is 5.02 Å². The van der Waals surface area contributed by atoms with Gasteiger partial charge in [0.15, 0.2) is 11.8 Å². The molecule has 0 radical (unpaired) electrons. The van der Waals surface area contributed by atoms with Gasteiger partial charge in [0.25, 0.3) is 0 Å². The summed E-state index contributed by atoms with van der Waals surface area (Å²) >= 11 is 6.33. The Bertz CT molecular complexity index is 1100. The van der Waals surface area contributed by atoms with Gasteiger partial charge < -0.3 is 9.63 Å². The van der Waals surface area contributed by atoms with E-state index in [-0.39, 0.29) is 23.4 Å². The van der Waals surface area contributed by atoms with Crippen molar-refractivity contribution in [2.45, 2.75) is 37.5 Å². The molecule has 0 fully saturated rings. The fourth-order valence-electron chi connectivity index (χ4n) is 3.80. The van der Waals surface area contributed by atoms with Gasteiger partial charge in [0.1, 0.15) is 5.69 Å². The average Bonchev–Trinajstić information content (AvgIpc) is 3.40. The van der Waals surface area contributed by atoms with Crippen molar-refractivity contribution >= 4 is 17.8 Å². The van der Waals surface area contributed by atoms with Crippen molar-refractivity contribution in [3.05, 3.63) is 53.6 Å². The fraction of sp³-hybridized carbons (Fsp3) is 0.333. The Balaban J connectivity index is 1.89. The third-order valence-corrected chi connectivity index (χ3v) is 5.68. The fourth-order valence-corrected chi connectivity index (χ4v) is 4.02. The first-order chi connectivity index (χ1) is 15.4. The van der Waals surface area contributed by atoms with E-state index in [1.807, 2.05) is 0 Å². The first-order valence-corrected chi connectivity index (χ1v) is 10.3. The van der Waals surface area contributed by atoms with E-state index in [1.54, 1.807) is 31.2 Å². The Morgan fingerprint density at radius 1 is 1.25 bits per heavy atom. The van der Waals surface area contributed by atoms with Crippen molar-refractivity contribution in [1.29, 1.82) is 0 Å². The van der Waals surface area contributed by atoms with E-state index in [2.05, 4.69) is 20.2 Å². The van der Waals surface area contributed by atoms with Gasteiger partial charge in [-0.3, -0.25) is 15.0 Å². The van der Waals surface area contributed by atoms with E-state index in [9.17, 15) is 18.3 Å². The van der Waals surface area contributed by atoms with Crippen LogP contribution in [0, 0.1) is 0 Å². The number of alkyl halides is 3. The van der Waals surface area contributed by atoms with Crippen LogP contribution in [0.15, 0.2) is 52.5 Å². The van der Waals surface area contributed by atoms with E-state index in [0.717, 1.165) is 5.01 Å². The van der Waals surface area contributed by atoms with Crippen LogP contribution in [0.4, 0.5) is 13.2 Å². The van der Waals surface area contributed by atoms with Crippen molar-refractivity contribution in [2.24, 2.45) is 5.10 Å². The number of halogens is 4. The van der Waals surface area contributed by atoms with E-state index in [1.165, 1.54) is 24.8 Å². The predicted molar refractivity (Wildman–Crippen MR) is 112 cm³/mol. The molecule has 1 aromatic carbocycles. The van der Waals surface area contributed by atoms with Crippen molar-refractivity contribution in [1.82, 2.24) is 20.1 Å². The van der Waals surface area contributed by atoms with Crippen LogP contribution in [0.1, 0.15) is 25.0 Å². The van der Waals surface area contributed by atoms with Crippen LogP contribution in [0.25, 0.3) is 22.5 Å². The van der Waals surface area contributed by atoms with Crippen LogP contribution < -0.4 is 0 Å². The van der Waals surface area contributed by atoms with E-state index in [4.69, 9.17) is 16.1 Å². The second kappa shape index (κ2) is 8.87. The highest BCUT2D eigenvalue weighted by molar-refractivity contribution is 6.33. The minimum Gasteiger partial charge on any atom is -0.394 e. The average molecular weight is 466 g/mol. The summed E-state index contributed by atoms with van der Waals surface area (Å²) in [6.07, 6.45) is 1.11. The van der Waals surface area contributed by atoms with Crippen molar-refractivity contribution in [3.8, 4) is 22.5 Å². The zero-order valence-corrected chi connectivity index (χ0v) is 17.6. The molecular weight excluding hydrogens is 447 g/mol. The molecular formula is C21H19ClF3N5O2. The molecule has 1 aliphatic rings. The van der Waals surface area contributed by atoms with Gasteiger partial charge in [0.05, 0.1) is 41.0 Å². The molecule has 0 saturated heterocycles. The van der Waals surface area contributed by atoms with Gasteiger partial charge in [0, 0.05) is 24.2 Å². The summed E-state index contributed by atoms with van der Waals surface area (Å²) in [6, 6.07) is 3.97. The minimum absolute atomic E-state index is 0.0539. The third kappa shape index (κ3) is 3.95. The lowest BCUT2D eigenvalue weighted by molar-refractivity contribution is -0.190. The second-order valence-corrected chi connectivity index (χ2v) is 7.65. The predicted octanol–water partition coefficient (Wildman–Crippen LogP) is 4.54. The smallest absolute Gasteiger partial charge is 0.394 e. The van der Waals surface area contributed by atoms with E-state index < -0.39 is 30.8 Å². The second-order valence-electron chi connectivity index (χ2n) is 7.24. The van der Waals surface area contributed by atoms with Gasteiger partial charge in [-0.1, -0.05) is 41.9 Å². The van der Waals surface area contributed by atoms with Crippen LogP contribution >= 0.6 is 11.6 Å². The van der Waals surface area contributed by atoms with E-state index in [0.29, 0.717) is 16.3 Å². The number of hydrogen-bond donors (Lipinski definition) is 1. The molecule has 0 aliphatic carbocycles. The SMILES string of the molecule is CCC(CO)N1N=CC(c2onc(-c3ccccc3Cl)c2-c2cnccn2)C1C(F)(F)F. The van der Waals surface area contributed by atoms with Gasteiger partial charge in [0.2, 0.25) is 0 Å². The molecule has 3 aromatic rings. The molecule has 0 bridgehead atoms. The third-order valence-electron chi connectivity index (χ3n) is 5.35. The van der Waals surface area contributed by atoms with Gasteiger partial charge in [-0.15, -0.1) is 0 Å². The topological polar surface area (TPSA) is 87.6 Å². The quantitative estimate of drug-likeness (QED) is 0.575. The van der Waals surface area contributed by atoms with E-state index >= 15 is 0 Å². The Kier molecular flexibility index (Phi) is 6.16. The highest BCUT2D eigenvalue weighted by Gasteiger charge is 2.54. The zero-order valence-electron chi connectivity index (χ0n) is 16.9. The summed E-state index contributed by atoms with van der Waals surface area (Å²) in [5.41, 5.74) is 1.30. The number of hydrogen-bond acceptors (Lipinski definition) is 7. The first-order valence-electron chi connectivity index (χ1n) is 9.87. The Morgan fingerprint density at radius 3 is 2.66 bits per heavy atom. The number of benzene rings is 1. The van der Waals surface area contributed by atoms with Gasteiger partial charge in [-0.25, -0.2) is 0 Å². The monoisotopic (exact) mass is 465 g/mol. The lowest BCUT2D eigenvalue weighted by Crippen LogP contribution is -2.49. The summed E-state index contributed by atoms with van der Waals surface area (Å²) in [7, 11) is 0. The molecule has 11 heteroatoms. The summed E-state index contributed by atoms with van der Waals surface area (Å²) in [6.45, 7) is 1.22. The lowest BCUT2D eigenvalue weighted by atomic mass is 9.91. The maximum atomic E-state index is 14.2. The molecule has 4 rings (SSSR count). The Hall–Kier alpha value is -2.98. The zero-order chi connectivity index (χ0) is 22.9. The Morgan fingerprint density at radius 2 is 2.03 bits per heavy atom. The molecule has 3 unspecified atom stereocenters. The summed E-state index contributed by atoms with van der Waals surface area (Å²) in [4.78, 5) is 8.30. The molecule has 168 valence electrons. The maximum absolute atomic E-state index is 14.2. The van der Waals surface area contributed by atoms with Crippen LogP contribution in [-0.2, 0) is 0 Å². The number of nitrogens with zero attached hydrogens (tertiary/aromatic N) is 5. The normalized spacial score (nSPS) is 19.5.